The van der Waals surface area contributed by atoms with Crippen LogP contribution in [0.4, 0.5) is 5.69 Å². The largest absolute Gasteiger partial charge is 0.369 e. The summed E-state index contributed by atoms with van der Waals surface area (Å²) < 4.78 is 1.27. The highest BCUT2D eigenvalue weighted by molar-refractivity contribution is 6.33. The smallest absolute Gasteiger partial charge is 0.292 e. The normalized spacial score (nSPS) is 14.8. The van der Waals surface area contributed by atoms with Gasteiger partial charge in [-0.2, -0.15) is 9.78 Å². The number of rotatable bonds is 2. The highest BCUT2D eigenvalue weighted by Gasteiger charge is 2.19. The van der Waals surface area contributed by atoms with Gasteiger partial charge < -0.3 is 4.90 Å². The summed E-state index contributed by atoms with van der Waals surface area (Å²) in [7, 11) is 0. The van der Waals surface area contributed by atoms with Gasteiger partial charge in [0, 0.05) is 18.1 Å². The molecular weight excluding hydrogens is 297 g/mol. The maximum atomic E-state index is 12.4. The topological polar surface area (TPSA) is 38.1 Å². The van der Waals surface area contributed by atoms with Crippen molar-refractivity contribution >= 4 is 28.9 Å². The molecule has 0 bridgehead atoms. The molecule has 20 heavy (non-hydrogen) atoms. The van der Waals surface area contributed by atoms with E-state index in [1.165, 1.54) is 4.68 Å². The standard InChI is InChI=1S/C14H13Cl2N3O/c15-10-4-3-5-11(8-10)19-14(20)13(16)12(9-17-19)18-6-1-2-7-18/h3-5,8-9H,1-2,6-7H2. The predicted octanol–water partition coefficient (Wildman–Crippen LogP) is 3.14. The fourth-order valence-electron chi connectivity index (χ4n) is 2.39. The average Bonchev–Trinajstić information content (AvgIpc) is 2.95. The maximum Gasteiger partial charge on any atom is 0.292 e. The Hall–Kier alpha value is -1.52. The number of aromatic nitrogens is 2. The molecule has 2 heterocycles. The first-order chi connectivity index (χ1) is 9.66. The molecule has 0 atom stereocenters. The second-order valence-electron chi connectivity index (χ2n) is 4.73. The van der Waals surface area contributed by atoms with E-state index in [-0.39, 0.29) is 10.6 Å². The van der Waals surface area contributed by atoms with Crippen molar-refractivity contribution in [2.24, 2.45) is 0 Å². The fraction of sp³-hybridized carbons (Fsp3) is 0.286. The Balaban J connectivity index is 2.06. The van der Waals surface area contributed by atoms with E-state index in [0.717, 1.165) is 25.9 Å². The van der Waals surface area contributed by atoms with Crippen molar-refractivity contribution in [1.82, 2.24) is 9.78 Å². The van der Waals surface area contributed by atoms with Crippen molar-refractivity contribution in [3.05, 3.63) is 50.9 Å². The summed E-state index contributed by atoms with van der Waals surface area (Å²) in [5.74, 6) is 0. The van der Waals surface area contributed by atoms with Gasteiger partial charge in [-0.05, 0) is 31.0 Å². The molecule has 1 aliphatic heterocycles. The van der Waals surface area contributed by atoms with Crippen LogP contribution in [0.5, 0.6) is 0 Å². The van der Waals surface area contributed by atoms with Gasteiger partial charge in [-0.15, -0.1) is 0 Å². The third kappa shape index (κ3) is 2.41. The Morgan fingerprint density at radius 1 is 1.15 bits per heavy atom. The van der Waals surface area contributed by atoms with Crippen LogP contribution in [0.1, 0.15) is 12.8 Å². The molecule has 1 saturated heterocycles. The second-order valence-corrected chi connectivity index (χ2v) is 5.55. The summed E-state index contributed by atoms with van der Waals surface area (Å²) in [6, 6.07) is 6.97. The molecule has 0 aliphatic carbocycles. The molecule has 0 unspecified atom stereocenters. The lowest BCUT2D eigenvalue weighted by Crippen LogP contribution is -2.26. The Bertz CT molecular complexity index is 693. The predicted molar refractivity (Wildman–Crippen MR) is 81.3 cm³/mol. The average molecular weight is 310 g/mol. The van der Waals surface area contributed by atoms with Crippen molar-refractivity contribution in [1.29, 1.82) is 0 Å². The maximum absolute atomic E-state index is 12.4. The van der Waals surface area contributed by atoms with Crippen LogP contribution in [0.25, 0.3) is 5.69 Å². The summed E-state index contributed by atoms with van der Waals surface area (Å²) in [6.45, 7) is 1.84. The summed E-state index contributed by atoms with van der Waals surface area (Å²) >= 11 is 12.2. The lowest BCUT2D eigenvalue weighted by molar-refractivity contribution is 0.798. The highest BCUT2D eigenvalue weighted by Crippen LogP contribution is 2.25. The number of halogens is 2. The molecule has 4 nitrogen and oxygen atoms in total. The molecule has 0 amide bonds. The number of nitrogens with zero attached hydrogens (tertiary/aromatic N) is 3. The number of benzene rings is 1. The molecular formula is C14H13Cl2N3O. The number of anilines is 1. The summed E-state index contributed by atoms with van der Waals surface area (Å²) in [5.41, 5.74) is 1.00. The first-order valence-electron chi connectivity index (χ1n) is 6.45. The molecule has 1 fully saturated rings. The Morgan fingerprint density at radius 3 is 2.60 bits per heavy atom. The van der Waals surface area contributed by atoms with Gasteiger partial charge in [0.15, 0.2) is 0 Å². The summed E-state index contributed by atoms with van der Waals surface area (Å²) in [4.78, 5) is 14.5. The number of hydrogen-bond acceptors (Lipinski definition) is 3. The van der Waals surface area contributed by atoms with E-state index in [0.29, 0.717) is 16.4 Å². The molecule has 1 aromatic heterocycles. The molecule has 2 aromatic rings. The summed E-state index contributed by atoms with van der Waals surface area (Å²) in [5, 5.41) is 4.98. The molecule has 0 spiro atoms. The van der Waals surface area contributed by atoms with Gasteiger partial charge in [0.05, 0.1) is 17.6 Å². The van der Waals surface area contributed by atoms with E-state index >= 15 is 0 Å². The van der Waals surface area contributed by atoms with Gasteiger partial charge in [-0.1, -0.05) is 29.3 Å². The summed E-state index contributed by atoms with van der Waals surface area (Å²) in [6.07, 6.45) is 3.89. The van der Waals surface area contributed by atoms with E-state index < -0.39 is 0 Å². The van der Waals surface area contributed by atoms with Crippen LogP contribution >= 0.6 is 23.2 Å². The zero-order valence-corrected chi connectivity index (χ0v) is 12.2. The third-order valence-corrected chi connectivity index (χ3v) is 3.99. The van der Waals surface area contributed by atoms with Crippen LogP contribution in [-0.2, 0) is 0 Å². The van der Waals surface area contributed by atoms with Crippen molar-refractivity contribution < 1.29 is 0 Å². The molecule has 6 heteroatoms. The van der Waals surface area contributed by atoms with Crippen LogP contribution < -0.4 is 10.5 Å². The van der Waals surface area contributed by atoms with Crippen LogP contribution in [0.2, 0.25) is 10.0 Å². The lowest BCUT2D eigenvalue weighted by atomic mass is 10.3. The Kier molecular flexibility index (Phi) is 3.68. The SMILES string of the molecule is O=c1c(Cl)c(N2CCCC2)cnn1-c1cccc(Cl)c1. The van der Waals surface area contributed by atoms with Gasteiger partial charge >= 0.3 is 0 Å². The van der Waals surface area contributed by atoms with Gasteiger partial charge in [0.25, 0.3) is 5.56 Å². The minimum Gasteiger partial charge on any atom is -0.369 e. The molecule has 1 aliphatic rings. The minimum absolute atomic E-state index is 0.210. The highest BCUT2D eigenvalue weighted by atomic mass is 35.5. The molecule has 0 saturated carbocycles. The fourth-order valence-corrected chi connectivity index (χ4v) is 2.83. The lowest BCUT2D eigenvalue weighted by Gasteiger charge is -2.18. The molecule has 3 rings (SSSR count). The van der Waals surface area contributed by atoms with Gasteiger partial charge in [0.2, 0.25) is 0 Å². The van der Waals surface area contributed by atoms with Crippen molar-refractivity contribution in [3.8, 4) is 5.69 Å². The molecule has 1 aromatic carbocycles. The third-order valence-electron chi connectivity index (χ3n) is 3.40. The quantitative estimate of drug-likeness (QED) is 0.855. The van der Waals surface area contributed by atoms with E-state index in [1.807, 2.05) is 0 Å². The van der Waals surface area contributed by atoms with Crippen LogP contribution in [-0.4, -0.2) is 22.9 Å². The van der Waals surface area contributed by atoms with Crippen molar-refractivity contribution in [2.75, 3.05) is 18.0 Å². The van der Waals surface area contributed by atoms with Gasteiger partial charge in [-0.3, -0.25) is 4.79 Å². The number of hydrogen-bond donors (Lipinski definition) is 0. The zero-order valence-electron chi connectivity index (χ0n) is 10.7. The Morgan fingerprint density at radius 2 is 1.90 bits per heavy atom. The molecule has 0 radical (unpaired) electrons. The van der Waals surface area contributed by atoms with E-state index in [9.17, 15) is 4.79 Å². The van der Waals surface area contributed by atoms with Crippen LogP contribution in [0.3, 0.4) is 0 Å². The van der Waals surface area contributed by atoms with Gasteiger partial charge in [-0.25, -0.2) is 0 Å². The minimum atomic E-state index is -0.321. The van der Waals surface area contributed by atoms with Crippen molar-refractivity contribution in [3.63, 3.8) is 0 Å². The first kappa shape index (κ1) is 13.5. The van der Waals surface area contributed by atoms with E-state index in [1.54, 1.807) is 30.5 Å². The second kappa shape index (κ2) is 5.46. The van der Waals surface area contributed by atoms with Crippen molar-refractivity contribution in [2.45, 2.75) is 12.8 Å². The molecule has 104 valence electrons. The van der Waals surface area contributed by atoms with Gasteiger partial charge in [0.1, 0.15) is 5.02 Å². The van der Waals surface area contributed by atoms with Crippen LogP contribution in [0, 0.1) is 0 Å². The molecule has 0 N–H and O–H groups in total. The Labute approximate surface area is 126 Å². The van der Waals surface area contributed by atoms with Crippen LogP contribution in [0.15, 0.2) is 35.3 Å². The zero-order chi connectivity index (χ0) is 14.1. The first-order valence-corrected chi connectivity index (χ1v) is 7.21. The monoisotopic (exact) mass is 309 g/mol. The van der Waals surface area contributed by atoms with E-state index in [4.69, 9.17) is 23.2 Å². The van der Waals surface area contributed by atoms with E-state index in [2.05, 4.69) is 10.00 Å².